The van der Waals surface area contributed by atoms with Crippen LogP contribution in [0.15, 0.2) is 18.2 Å². The van der Waals surface area contributed by atoms with Gasteiger partial charge >= 0.3 is 0 Å². The second-order valence-corrected chi connectivity index (χ2v) is 5.83. The molecule has 1 aromatic carbocycles. The molecule has 0 bridgehead atoms. The third kappa shape index (κ3) is 2.99. The molecule has 2 heterocycles. The number of likely N-dealkylation sites (tertiary alicyclic amines) is 1. The predicted octanol–water partition coefficient (Wildman–Crippen LogP) is 2.96. The number of aromatic amines is 1. The van der Waals surface area contributed by atoms with Crippen molar-refractivity contribution in [2.24, 2.45) is 0 Å². The molecule has 0 unspecified atom stereocenters. The van der Waals surface area contributed by atoms with Crippen LogP contribution in [0.25, 0.3) is 11.0 Å². The number of nitrogens with zero attached hydrogens (tertiary/aromatic N) is 2. The monoisotopic (exact) mass is 301 g/mol. The molecule has 1 aliphatic rings. The Kier molecular flexibility index (Phi) is 4.43. The van der Waals surface area contributed by atoms with Crippen LogP contribution in [-0.2, 0) is 9.53 Å². The van der Waals surface area contributed by atoms with Crippen molar-refractivity contribution in [3.05, 3.63) is 29.6 Å². The van der Waals surface area contributed by atoms with Gasteiger partial charge in [0.1, 0.15) is 5.82 Å². The Bertz CT molecular complexity index is 665. The molecule has 118 valence electrons. The van der Waals surface area contributed by atoms with Crippen LogP contribution in [-0.4, -0.2) is 40.5 Å². The summed E-state index contributed by atoms with van der Waals surface area (Å²) < 4.78 is 5.29. The number of hydrogen-bond donors (Lipinski definition) is 1. The van der Waals surface area contributed by atoms with Crippen molar-refractivity contribution in [2.45, 2.75) is 39.2 Å². The number of amides is 1. The van der Waals surface area contributed by atoms with Gasteiger partial charge in [0.2, 0.25) is 5.91 Å². The van der Waals surface area contributed by atoms with Gasteiger partial charge in [0, 0.05) is 13.2 Å². The molecule has 3 rings (SSSR count). The van der Waals surface area contributed by atoms with Crippen molar-refractivity contribution in [3.8, 4) is 0 Å². The van der Waals surface area contributed by atoms with Crippen LogP contribution >= 0.6 is 0 Å². The van der Waals surface area contributed by atoms with Gasteiger partial charge in [-0.15, -0.1) is 0 Å². The maximum absolute atomic E-state index is 12.4. The maximum Gasteiger partial charge on any atom is 0.225 e. The summed E-state index contributed by atoms with van der Waals surface area (Å²) in [4.78, 5) is 22.4. The second-order valence-electron chi connectivity index (χ2n) is 5.83. The van der Waals surface area contributed by atoms with E-state index in [1.807, 2.05) is 17.9 Å². The average Bonchev–Trinajstić information content (AvgIpc) is 3.12. The van der Waals surface area contributed by atoms with Crippen molar-refractivity contribution in [3.63, 3.8) is 0 Å². The number of nitrogens with one attached hydrogen (secondary N) is 1. The van der Waals surface area contributed by atoms with Gasteiger partial charge in [0.05, 0.1) is 30.1 Å². The largest absolute Gasteiger partial charge is 0.381 e. The van der Waals surface area contributed by atoms with Gasteiger partial charge in [-0.05, 0) is 44.4 Å². The number of fused-ring (bicyclic) bond motifs is 1. The third-order valence-electron chi connectivity index (χ3n) is 4.21. The Morgan fingerprint density at radius 1 is 1.50 bits per heavy atom. The van der Waals surface area contributed by atoms with Crippen molar-refractivity contribution < 1.29 is 9.53 Å². The topological polar surface area (TPSA) is 58.2 Å². The lowest BCUT2D eigenvalue weighted by molar-refractivity contribution is -0.133. The van der Waals surface area contributed by atoms with Crippen LogP contribution in [0.3, 0.4) is 0 Å². The fraction of sp³-hybridized carbons (Fsp3) is 0.529. The highest BCUT2D eigenvalue weighted by atomic mass is 16.5. The lowest BCUT2D eigenvalue weighted by Crippen LogP contribution is -2.31. The molecule has 1 fully saturated rings. The summed E-state index contributed by atoms with van der Waals surface area (Å²) in [6.45, 7) is 5.97. The van der Waals surface area contributed by atoms with Gasteiger partial charge in [-0.1, -0.05) is 6.07 Å². The molecule has 1 amide bonds. The first kappa shape index (κ1) is 15.0. The molecule has 0 saturated carbocycles. The highest BCUT2D eigenvalue weighted by Gasteiger charge is 2.31. The number of aryl methyl sites for hydroxylation is 1. The van der Waals surface area contributed by atoms with Crippen molar-refractivity contribution in [1.82, 2.24) is 14.9 Å². The van der Waals surface area contributed by atoms with E-state index in [9.17, 15) is 4.79 Å². The summed E-state index contributed by atoms with van der Waals surface area (Å²) in [5, 5.41) is 0. The number of rotatable bonds is 5. The van der Waals surface area contributed by atoms with Gasteiger partial charge in [-0.3, -0.25) is 4.79 Å². The first-order chi connectivity index (χ1) is 10.7. The average molecular weight is 301 g/mol. The number of aromatic nitrogens is 2. The van der Waals surface area contributed by atoms with E-state index in [1.165, 1.54) is 5.56 Å². The quantitative estimate of drug-likeness (QED) is 0.864. The predicted molar refractivity (Wildman–Crippen MR) is 85.6 cm³/mol. The van der Waals surface area contributed by atoms with E-state index >= 15 is 0 Å². The molecule has 0 aliphatic carbocycles. The number of benzene rings is 1. The molecule has 22 heavy (non-hydrogen) atoms. The summed E-state index contributed by atoms with van der Waals surface area (Å²) in [5.74, 6) is 1.07. The Labute approximate surface area is 130 Å². The van der Waals surface area contributed by atoms with E-state index in [2.05, 4.69) is 29.0 Å². The van der Waals surface area contributed by atoms with E-state index < -0.39 is 0 Å². The smallest absolute Gasteiger partial charge is 0.225 e. The molecule has 0 spiro atoms. The maximum atomic E-state index is 12.4. The summed E-state index contributed by atoms with van der Waals surface area (Å²) in [7, 11) is 0. The lowest BCUT2D eigenvalue weighted by atomic mass is 10.2. The Balaban J connectivity index is 1.77. The Morgan fingerprint density at radius 3 is 3.18 bits per heavy atom. The number of H-pyrrole nitrogens is 1. The Hall–Kier alpha value is -1.88. The number of hydrogen-bond acceptors (Lipinski definition) is 3. The third-order valence-corrected chi connectivity index (χ3v) is 4.21. The zero-order chi connectivity index (χ0) is 15.5. The fourth-order valence-electron chi connectivity index (χ4n) is 3.10. The number of imidazole rings is 1. The highest BCUT2D eigenvalue weighted by Crippen LogP contribution is 2.32. The minimum absolute atomic E-state index is 0.0711. The minimum Gasteiger partial charge on any atom is -0.381 e. The van der Waals surface area contributed by atoms with Crippen LogP contribution in [0.2, 0.25) is 0 Å². The van der Waals surface area contributed by atoms with Gasteiger partial charge in [-0.2, -0.15) is 0 Å². The molecular formula is C17H23N3O2. The molecule has 1 aliphatic heterocycles. The van der Waals surface area contributed by atoms with Gasteiger partial charge in [0.25, 0.3) is 0 Å². The first-order valence-electron chi connectivity index (χ1n) is 8.02. The Morgan fingerprint density at radius 2 is 2.36 bits per heavy atom. The van der Waals surface area contributed by atoms with E-state index in [-0.39, 0.29) is 11.9 Å². The molecular weight excluding hydrogens is 278 g/mol. The standard InChI is InChI=1S/C17H23N3O2/c1-3-22-10-8-16(21)20-9-4-5-15(20)17-18-13-7-6-12(2)11-14(13)19-17/h6-7,11,15H,3-5,8-10H2,1-2H3,(H,18,19)/t15-/m1/s1. The minimum atomic E-state index is 0.0711. The van der Waals surface area contributed by atoms with E-state index in [0.717, 1.165) is 36.2 Å². The SMILES string of the molecule is CCOCCC(=O)N1CCC[C@@H]1c1nc2ccc(C)cc2[nH]1. The van der Waals surface area contributed by atoms with E-state index in [4.69, 9.17) is 4.74 Å². The summed E-state index contributed by atoms with van der Waals surface area (Å²) in [5.41, 5.74) is 3.22. The molecule has 1 saturated heterocycles. The van der Waals surface area contributed by atoms with Crippen LogP contribution < -0.4 is 0 Å². The van der Waals surface area contributed by atoms with E-state index in [0.29, 0.717) is 19.6 Å². The van der Waals surface area contributed by atoms with Crippen LogP contribution in [0.1, 0.15) is 43.6 Å². The van der Waals surface area contributed by atoms with Gasteiger partial charge < -0.3 is 14.6 Å². The summed E-state index contributed by atoms with van der Waals surface area (Å²) in [6.07, 6.45) is 2.45. The highest BCUT2D eigenvalue weighted by molar-refractivity contribution is 5.78. The zero-order valence-corrected chi connectivity index (χ0v) is 13.3. The van der Waals surface area contributed by atoms with Crippen LogP contribution in [0, 0.1) is 6.92 Å². The van der Waals surface area contributed by atoms with Gasteiger partial charge in [-0.25, -0.2) is 4.98 Å². The summed E-state index contributed by atoms with van der Waals surface area (Å²) >= 11 is 0. The molecule has 2 aromatic rings. The second kappa shape index (κ2) is 6.48. The molecule has 0 radical (unpaired) electrons. The number of carbonyl (C=O) groups excluding carboxylic acids is 1. The zero-order valence-electron chi connectivity index (χ0n) is 13.3. The van der Waals surface area contributed by atoms with Crippen molar-refractivity contribution >= 4 is 16.9 Å². The normalized spacial score (nSPS) is 18.3. The molecule has 5 heteroatoms. The molecule has 1 aromatic heterocycles. The van der Waals surface area contributed by atoms with E-state index in [1.54, 1.807) is 0 Å². The van der Waals surface area contributed by atoms with Crippen LogP contribution in [0.4, 0.5) is 0 Å². The summed E-state index contributed by atoms with van der Waals surface area (Å²) in [6, 6.07) is 6.26. The molecule has 1 N–H and O–H groups in total. The molecule has 1 atom stereocenters. The lowest BCUT2D eigenvalue weighted by Gasteiger charge is -2.23. The van der Waals surface area contributed by atoms with Crippen molar-refractivity contribution in [2.75, 3.05) is 19.8 Å². The fourth-order valence-corrected chi connectivity index (χ4v) is 3.10. The van der Waals surface area contributed by atoms with Gasteiger partial charge in [0.15, 0.2) is 0 Å². The van der Waals surface area contributed by atoms with Crippen molar-refractivity contribution in [1.29, 1.82) is 0 Å². The molecule has 5 nitrogen and oxygen atoms in total. The van der Waals surface area contributed by atoms with Crippen LogP contribution in [0.5, 0.6) is 0 Å². The number of carbonyl (C=O) groups is 1. The number of ether oxygens (including phenoxy) is 1. The first-order valence-corrected chi connectivity index (χ1v) is 8.02.